The summed E-state index contributed by atoms with van der Waals surface area (Å²) in [7, 11) is 0. The smallest absolute Gasteiger partial charge is 0.165 e. The Morgan fingerprint density at radius 2 is 1.75 bits per heavy atom. The molecule has 0 N–H and O–H groups in total. The van der Waals surface area contributed by atoms with E-state index >= 15 is 0 Å². The third-order valence-corrected chi connectivity index (χ3v) is 7.30. The van der Waals surface area contributed by atoms with Crippen LogP contribution in [-0.2, 0) is 11.2 Å². The topological polar surface area (TPSA) is 59.5 Å². The highest BCUT2D eigenvalue weighted by atomic mass is 16.5. The van der Waals surface area contributed by atoms with Gasteiger partial charge in [-0.05, 0) is 78.6 Å². The monoisotopic (exact) mass is 482 g/mol. The molecule has 5 nitrogen and oxygen atoms in total. The van der Waals surface area contributed by atoms with Gasteiger partial charge in [-0.2, -0.15) is 0 Å². The molecule has 1 aliphatic heterocycles. The predicted octanol–water partition coefficient (Wildman–Crippen LogP) is 5.98. The zero-order chi connectivity index (χ0) is 25.1. The third kappa shape index (κ3) is 6.01. The van der Waals surface area contributed by atoms with E-state index in [2.05, 4.69) is 65.3 Å². The van der Waals surface area contributed by atoms with Crippen LogP contribution in [0.5, 0.6) is 5.75 Å². The Hall–Kier alpha value is -3.47. The summed E-state index contributed by atoms with van der Waals surface area (Å²) in [4.78, 5) is 30.8. The van der Waals surface area contributed by atoms with Gasteiger partial charge in [0.2, 0.25) is 0 Å². The maximum atomic E-state index is 12.8. The number of aromatic nitrogens is 1. The molecule has 0 amide bonds. The molecule has 5 heteroatoms. The lowest BCUT2D eigenvalue weighted by molar-refractivity contribution is -0.116. The highest BCUT2D eigenvalue weighted by molar-refractivity contribution is 5.96. The number of nitrogens with zero attached hydrogens (tertiary/aromatic N) is 2. The lowest BCUT2D eigenvalue weighted by Gasteiger charge is -2.41. The molecule has 1 aliphatic carbocycles. The summed E-state index contributed by atoms with van der Waals surface area (Å²) in [6, 6.07) is 19.0. The number of carbonyl (C=O) groups is 2. The quantitative estimate of drug-likeness (QED) is 0.315. The largest absolute Gasteiger partial charge is 0.493 e. The van der Waals surface area contributed by atoms with Gasteiger partial charge in [0.05, 0.1) is 6.61 Å². The fraction of sp³-hybridized carbons (Fsp3) is 0.387. The zero-order valence-electron chi connectivity index (χ0n) is 21.2. The molecule has 186 valence electrons. The van der Waals surface area contributed by atoms with E-state index in [4.69, 9.17) is 4.74 Å². The average Bonchev–Trinajstić information content (AvgIpc) is 3.67. The van der Waals surface area contributed by atoms with Crippen LogP contribution in [0.25, 0.3) is 0 Å². The molecule has 1 saturated carbocycles. The molecule has 0 spiro atoms. The van der Waals surface area contributed by atoms with Gasteiger partial charge in [0.15, 0.2) is 5.78 Å². The first-order valence-corrected chi connectivity index (χ1v) is 13.0. The minimum absolute atomic E-state index is 0.0584. The van der Waals surface area contributed by atoms with E-state index in [1.54, 1.807) is 25.4 Å². The maximum absolute atomic E-state index is 12.8. The van der Waals surface area contributed by atoms with Crippen molar-refractivity contribution in [3.05, 3.63) is 89.2 Å². The van der Waals surface area contributed by atoms with Crippen molar-refractivity contribution in [2.75, 3.05) is 24.6 Å². The van der Waals surface area contributed by atoms with Crippen molar-refractivity contribution in [2.45, 2.75) is 51.4 Å². The van der Waals surface area contributed by atoms with Crippen molar-refractivity contribution >= 4 is 17.3 Å². The van der Waals surface area contributed by atoms with Crippen LogP contribution < -0.4 is 9.64 Å². The number of ketones is 2. The Morgan fingerprint density at radius 1 is 1.03 bits per heavy atom. The summed E-state index contributed by atoms with van der Waals surface area (Å²) in [5.74, 6) is 2.49. The Kier molecular flexibility index (Phi) is 7.17. The summed E-state index contributed by atoms with van der Waals surface area (Å²) in [6.07, 6.45) is 6.59. The minimum Gasteiger partial charge on any atom is -0.493 e. The molecule has 36 heavy (non-hydrogen) atoms. The van der Waals surface area contributed by atoms with E-state index in [1.807, 2.05) is 0 Å². The molecule has 2 aliphatic rings. The van der Waals surface area contributed by atoms with Crippen LogP contribution in [0.2, 0.25) is 0 Å². The molecular formula is C31H34N2O3. The summed E-state index contributed by atoms with van der Waals surface area (Å²) >= 11 is 0. The second kappa shape index (κ2) is 10.7. The van der Waals surface area contributed by atoms with Gasteiger partial charge in [-0.25, -0.2) is 0 Å². The van der Waals surface area contributed by atoms with Crippen molar-refractivity contribution in [1.82, 2.24) is 4.98 Å². The lowest BCUT2D eigenvalue weighted by atomic mass is 9.87. The standard InChI is InChI=1S/C31H34N2O3/c1-21(13-31(35)27-15-24(14-22(2)34)16-32-17-27)25-5-7-26(8-6-25)28-18-33(19-28)29-9-11-30(12-10-29)36-20-23-3-4-23/h5-12,15-17,21,23,28H,3-4,13-14,18-20H2,1-2H3/t21-/m1/s1. The second-order valence-corrected chi connectivity index (χ2v) is 10.5. The molecule has 2 aromatic carbocycles. The van der Waals surface area contributed by atoms with Gasteiger partial charge < -0.3 is 9.64 Å². The van der Waals surface area contributed by atoms with E-state index in [0.29, 0.717) is 24.3 Å². The molecular weight excluding hydrogens is 448 g/mol. The molecule has 1 atom stereocenters. The van der Waals surface area contributed by atoms with Crippen molar-refractivity contribution in [3.63, 3.8) is 0 Å². The number of carbonyl (C=O) groups excluding carboxylic acids is 2. The van der Waals surface area contributed by atoms with Gasteiger partial charge in [-0.15, -0.1) is 0 Å². The molecule has 0 unspecified atom stereocenters. The molecule has 2 heterocycles. The predicted molar refractivity (Wildman–Crippen MR) is 142 cm³/mol. The average molecular weight is 483 g/mol. The normalized spacial score (nSPS) is 16.3. The molecule has 2 fully saturated rings. The fourth-order valence-electron chi connectivity index (χ4n) is 4.79. The van der Waals surface area contributed by atoms with Crippen molar-refractivity contribution < 1.29 is 14.3 Å². The lowest BCUT2D eigenvalue weighted by Crippen LogP contribution is -2.45. The van der Waals surface area contributed by atoms with Gasteiger partial charge in [-0.1, -0.05) is 31.2 Å². The number of benzene rings is 2. The van der Waals surface area contributed by atoms with Crippen LogP contribution in [0.4, 0.5) is 5.69 Å². The highest BCUT2D eigenvalue weighted by Gasteiger charge is 2.28. The summed E-state index contributed by atoms with van der Waals surface area (Å²) < 4.78 is 5.85. The van der Waals surface area contributed by atoms with Gasteiger partial charge in [0.25, 0.3) is 0 Å². The van der Waals surface area contributed by atoms with E-state index in [9.17, 15) is 9.59 Å². The summed E-state index contributed by atoms with van der Waals surface area (Å²) in [5, 5.41) is 0. The number of hydrogen-bond donors (Lipinski definition) is 0. The van der Waals surface area contributed by atoms with E-state index in [0.717, 1.165) is 42.5 Å². The first-order chi connectivity index (χ1) is 17.4. The molecule has 0 radical (unpaired) electrons. The van der Waals surface area contributed by atoms with Crippen LogP contribution in [0.1, 0.15) is 72.0 Å². The van der Waals surface area contributed by atoms with Gasteiger partial charge in [-0.3, -0.25) is 14.6 Å². The molecule has 3 aromatic rings. The number of ether oxygens (including phenoxy) is 1. The highest BCUT2D eigenvalue weighted by Crippen LogP contribution is 2.34. The Balaban J connectivity index is 1.12. The van der Waals surface area contributed by atoms with E-state index < -0.39 is 0 Å². The van der Waals surface area contributed by atoms with Gasteiger partial charge >= 0.3 is 0 Å². The van der Waals surface area contributed by atoms with Crippen molar-refractivity contribution in [1.29, 1.82) is 0 Å². The van der Waals surface area contributed by atoms with Crippen LogP contribution >= 0.6 is 0 Å². The van der Waals surface area contributed by atoms with Gasteiger partial charge in [0.1, 0.15) is 11.5 Å². The third-order valence-electron chi connectivity index (χ3n) is 7.30. The summed E-state index contributed by atoms with van der Waals surface area (Å²) in [6.45, 7) is 6.51. The first kappa shape index (κ1) is 24.2. The van der Waals surface area contributed by atoms with Crippen LogP contribution in [0, 0.1) is 5.92 Å². The van der Waals surface area contributed by atoms with Gasteiger partial charge in [0, 0.05) is 55.5 Å². The van der Waals surface area contributed by atoms with Crippen LogP contribution in [-0.4, -0.2) is 36.2 Å². The number of rotatable bonds is 11. The number of pyridine rings is 1. The number of Topliss-reactive ketones (excluding diaryl/α,β-unsaturated/α-hetero) is 2. The van der Waals surface area contributed by atoms with Crippen molar-refractivity contribution in [2.24, 2.45) is 5.92 Å². The molecule has 5 rings (SSSR count). The Labute approximate surface area is 213 Å². The van der Waals surface area contributed by atoms with Crippen LogP contribution in [0.3, 0.4) is 0 Å². The minimum atomic E-state index is 0.0584. The maximum Gasteiger partial charge on any atom is 0.165 e. The number of hydrogen-bond acceptors (Lipinski definition) is 5. The van der Waals surface area contributed by atoms with Crippen molar-refractivity contribution in [3.8, 4) is 5.75 Å². The molecule has 1 aromatic heterocycles. The fourth-order valence-corrected chi connectivity index (χ4v) is 4.79. The molecule has 1 saturated heterocycles. The zero-order valence-corrected chi connectivity index (χ0v) is 21.2. The Morgan fingerprint density at radius 3 is 2.42 bits per heavy atom. The first-order valence-electron chi connectivity index (χ1n) is 13.0. The second-order valence-electron chi connectivity index (χ2n) is 10.5. The van der Waals surface area contributed by atoms with E-state index in [1.165, 1.54) is 24.1 Å². The van der Waals surface area contributed by atoms with E-state index in [-0.39, 0.29) is 17.5 Å². The Bertz CT molecular complexity index is 1210. The number of anilines is 1. The molecule has 0 bridgehead atoms. The SMILES string of the molecule is CC(=O)Cc1cncc(C(=O)C[C@@H](C)c2ccc(C3CN(c4ccc(OCC5CC5)cc4)C3)cc2)c1. The summed E-state index contributed by atoms with van der Waals surface area (Å²) in [5.41, 5.74) is 5.12. The van der Waals surface area contributed by atoms with Crippen LogP contribution in [0.15, 0.2) is 67.0 Å².